The average molecular weight is 876 g/mol. The molecule has 0 saturated heterocycles. The van der Waals surface area contributed by atoms with Crippen LogP contribution in [0.5, 0.6) is 5.75 Å². The van der Waals surface area contributed by atoms with Crippen molar-refractivity contribution in [2.75, 3.05) is 32.0 Å². The van der Waals surface area contributed by atoms with Crippen molar-refractivity contribution in [1.82, 2.24) is 20.6 Å². The van der Waals surface area contributed by atoms with Gasteiger partial charge in [-0.05, 0) is 53.8 Å². The number of oxazole rings is 1. The van der Waals surface area contributed by atoms with E-state index < -0.39 is 43.0 Å². The number of aliphatic hydroxyl groups excluding tert-OH is 1. The van der Waals surface area contributed by atoms with Crippen molar-refractivity contribution in [3.05, 3.63) is 76.6 Å². The Kier molecular flexibility index (Phi) is 18.3. The van der Waals surface area contributed by atoms with Crippen LogP contribution < -0.4 is 32.6 Å². The number of nitrogen functional groups attached to an aromatic ring is 1. The molecule has 2 aromatic carbocycles. The minimum absolute atomic E-state index is 0.0162. The van der Waals surface area contributed by atoms with Gasteiger partial charge in [-0.25, -0.2) is 14.8 Å². The number of nitrogens with one attached hydrogen (secondary N) is 2. The molecule has 0 radical (unpaired) electrons. The molecule has 61 heavy (non-hydrogen) atoms. The van der Waals surface area contributed by atoms with Crippen LogP contribution in [0, 0.1) is 34.5 Å². The largest absolute Gasteiger partial charge is 0.491 e. The number of aromatic nitrogens is 2. The summed E-state index contributed by atoms with van der Waals surface area (Å²) in [5, 5.41) is 37.8. The van der Waals surface area contributed by atoms with E-state index in [-0.39, 0.29) is 83.6 Å². The van der Waals surface area contributed by atoms with Crippen molar-refractivity contribution in [2.45, 2.75) is 75.8 Å². The number of anilines is 1. The second-order valence-corrected chi connectivity index (χ2v) is 15.8. The maximum Gasteiger partial charge on any atom is 0.328 e. The highest BCUT2D eigenvalue weighted by molar-refractivity contribution is 7.98. The highest BCUT2D eigenvalue weighted by Gasteiger charge is 2.31. The topological polar surface area (TPSA) is 288 Å². The van der Waals surface area contributed by atoms with Gasteiger partial charge < -0.3 is 51.6 Å². The highest BCUT2D eigenvalue weighted by atomic mass is 35.5. The number of carbonyl (C=O) groups is 3. The molecule has 9 N–H and O–H groups in total. The third-order valence-corrected chi connectivity index (χ3v) is 10.3. The monoisotopic (exact) mass is 875 g/mol. The van der Waals surface area contributed by atoms with Gasteiger partial charge in [0.1, 0.15) is 65.9 Å². The molecule has 4 rings (SSSR count). The number of amides is 2. The van der Waals surface area contributed by atoms with Gasteiger partial charge in [-0.1, -0.05) is 63.2 Å². The molecule has 4 unspecified atom stereocenters. The molecule has 17 nitrogen and oxygen atoms in total. The van der Waals surface area contributed by atoms with Gasteiger partial charge in [0.2, 0.25) is 17.7 Å². The minimum atomic E-state index is -1.55. The Morgan fingerprint density at radius 1 is 0.885 bits per heavy atom. The number of pyridine rings is 1. The van der Waals surface area contributed by atoms with E-state index >= 15 is 0 Å². The number of nitrogens with two attached hydrogens (primary N) is 3. The van der Waals surface area contributed by atoms with Crippen molar-refractivity contribution in [2.24, 2.45) is 23.3 Å². The molecule has 0 bridgehead atoms. The number of nitriles is 2. The van der Waals surface area contributed by atoms with Crippen molar-refractivity contribution < 1.29 is 38.1 Å². The van der Waals surface area contributed by atoms with Crippen molar-refractivity contribution in [1.29, 1.82) is 10.5 Å². The van der Waals surface area contributed by atoms with Crippen molar-refractivity contribution in [3.8, 4) is 40.5 Å². The minimum Gasteiger partial charge on any atom is -0.491 e. The Hall–Kier alpha value is -5.73. The molecule has 0 aliphatic heterocycles. The maximum atomic E-state index is 13.2. The van der Waals surface area contributed by atoms with Gasteiger partial charge in [0.05, 0.1) is 17.3 Å². The molecule has 0 spiro atoms. The number of nitrogens with zero attached hydrogens (tertiary/aromatic N) is 4. The molecule has 4 aromatic rings. The van der Waals surface area contributed by atoms with E-state index in [9.17, 15) is 30.0 Å². The number of aliphatic hydroxyl groups is 1. The number of halogens is 1. The van der Waals surface area contributed by atoms with Crippen LogP contribution in [0.25, 0.3) is 22.6 Å². The summed E-state index contributed by atoms with van der Waals surface area (Å²) in [7, 11) is 0. The molecular weight excluding hydrogens is 826 g/mol. The van der Waals surface area contributed by atoms with E-state index in [1.807, 2.05) is 0 Å². The summed E-state index contributed by atoms with van der Waals surface area (Å²) in [5.41, 5.74) is 19.5. The standard InChI is InChI=1S/C42H50ClN9O8S/c1-23(2)36(50-33(53)13-15-44)41(55)59-21-30(60-42(56)37(24(3)4)51-34(54)14-16-45)20-57-29-11-7-25(8-12-29)35-31(17-46)38(48)52-40(32(35)18-47)61-22-28-19-58-39(49-28)26-5-9-27(43)10-6-26/h5-12,19,23-24,30,36-37,42,56H,13-16,20-22,44-45H2,1-4H3,(H2,48,52)(H,50,53)(H,51,54). The van der Waals surface area contributed by atoms with Crippen LogP contribution in [-0.2, 0) is 29.6 Å². The van der Waals surface area contributed by atoms with Crippen LogP contribution in [0.15, 0.2) is 64.2 Å². The molecule has 4 atom stereocenters. The third-order valence-electron chi connectivity index (χ3n) is 9.07. The fraction of sp³-hybridized carbons (Fsp3) is 0.405. The molecule has 0 aliphatic carbocycles. The number of carbonyl (C=O) groups excluding carboxylic acids is 3. The Labute approximate surface area is 363 Å². The van der Waals surface area contributed by atoms with E-state index in [2.05, 4.69) is 32.7 Å². The summed E-state index contributed by atoms with van der Waals surface area (Å²) in [5.74, 6) is -1.19. The Balaban J connectivity index is 1.54. The molecule has 2 aromatic heterocycles. The van der Waals surface area contributed by atoms with Crippen LogP contribution in [-0.4, -0.2) is 83.6 Å². The zero-order valence-electron chi connectivity index (χ0n) is 34.2. The molecule has 0 fully saturated rings. The number of esters is 1. The summed E-state index contributed by atoms with van der Waals surface area (Å²) >= 11 is 7.21. The number of ether oxygens (including phenoxy) is 3. The highest BCUT2D eigenvalue weighted by Crippen LogP contribution is 2.37. The van der Waals surface area contributed by atoms with Crippen LogP contribution in [0.1, 0.15) is 57.4 Å². The van der Waals surface area contributed by atoms with Gasteiger partial charge in [0, 0.05) is 47.8 Å². The molecule has 2 heterocycles. The lowest BCUT2D eigenvalue weighted by Gasteiger charge is -2.30. The average Bonchev–Trinajstić information content (AvgIpc) is 3.71. The summed E-state index contributed by atoms with van der Waals surface area (Å²) < 4.78 is 23.2. The first-order valence-electron chi connectivity index (χ1n) is 19.4. The molecule has 0 saturated carbocycles. The fourth-order valence-electron chi connectivity index (χ4n) is 5.84. The molecule has 0 aliphatic rings. The predicted molar refractivity (Wildman–Crippen MR) is 228 cm³/mol. The maximum absolute atomic E-state index is 13.2. The van der Waals surface area contributed by atoms with E-state index in [0.717, 1.165) is 5.56 Å². The first-order chi connectivity index (χ1) is 29.2. The van der Waals surface area contributed by atoms with Crippen molar-refractivity contribution in [3.63, 3.8) is 0 Å². The van der Waals surface area contributed by atoms with E-state index in [1.165, 1.54) is 18.0 Å². The second-order valence-electron chi connectivity index (χ2n) is 14.4. The van der Waals surface area contributed by atoms with Crippen LogP contribution in [0.2, 0.25) is 5.02 Å². The van der Waals surface area contributed by atoms with Gasteiger partial charge >= 0.3 is 5.97 Å². The molecule has 2 amide bonds. The number of rotatable bonds is 22. The number of thioether (sulfide) groups is 1. The number of hydrogen-bond acceptors (Lipinski definition) is 16. The zero-order chi connectivity index (χ0) is 44.6. The van der Waals surface area contributed by atoms with Crippen LogP contribution in [0.4, 0.5) is 5.82 Å². The normalized spacial score (nSPS) is 13.1. The van der Waals surface area contributed by atoms with Gasteiger partial charge in [-0.15, -0.1) is 0 Å². The van der Waals surface area contributed by atoms with Gasteiger partial charge in [-0.3, -0.25) is 9.59 Å². The quantitative estimate of drug-likeness (QED) is 0.0365. The van der Waals surface area contributed by atoms with Crippen LogP contribution in [0.3, 0.4) is 0 Å². The van der Waals surface area contributed by atoms with Gasteiger partial charge in [0.15, 0.2) is 6.29 Å². The van der Waals surface area contributed by atoms with E-state index in [0.29, 0.717) is 27.9 Å². The Bertz CT molecular complexity index is 2190. The first-order valence-corrected chi connectivity index (χ1v) is 20.7. The SMILES string of the molecule is CC(C)C(NC(=O)CCN)C(=O)OCC(COc1ccc(-c2c(C#N)c(N)nc(SCc3coc(-c4ccc(Cl)cc4)n3)c2C#N)cc1)OC(O)C(NC(=O)CCN)C(C)C. The fourth-order valence-corrected chi connectivity index (χ4v) is 6.84. The lowest BCUT2D eigenvalue weighted by atomic mass is 9.97. The molecule has 19 heteroatoms. The third kappa shape index (κ3) is 13.6. The Morgan fingerprint density at radius 2 is 1.51 bits per heavy atom. The summed E-state index contributed by atoms with van der Waals surface area (Å²) in [4.78, 5) is 46.7. The van der Waals surface area contributed by atoms with Crippen molar-refractivity contribution >= 4 is 47.0 Å². The summed E-state index contributed by atoms with van der Waals surface area (Å²) in [6.45, 7) is 6.63. The van der Waals surface area contributed by atoms with Gasteiger partial charge in [0.25, 0.3) is 0 Å². The molecule has 324 valence electrons. The second kappa shape index (κ2) is 23.3. The number of hydrogen-bond donors (Lipinski definition) is 6. The Morgan fingerprint density at radius 3 is 2.10 bits per heavy atom. The zero-order valence-corrected chi connectivity index (χ0v) is 35.8. The van der Waals surface area contributed by atoms with Gasteiger partial charge in [-0.2, -0.15) is 10.5 Å². The lowest BCUT2D eigenvalue weighted by molar-refractivity contribution is -0.186. The van der Waals surface area contributed by atoms with E-state index in [1.54, 1.807) is 76.2 Å². The summed E-state index contributed by atoms with van der Waals surface area (Å²) in [6, 6.07) is 15.9. The summed E-state index contributed by atoms with van der Waals surface area (Å²) in [6.07, 6.45) is -1.05. The predicted octanol–water partition coefficient (Wildman–Crippen LogP) is 4.28. The van der Waals surface area contributed by atoms with Crippen LogP contribution >= 0.6 is 23.4 Å². The first kappa shape index (κ1) is 47.9. The number of benzene rings is 2. The molecular formula is C42H50ClN9O8S. The smallest absolute Gasteiger partial charge is 0.328 e. The van der Waals surface area contributed by atoms with E-state index in [4.69, 9.17) is 47.4 Å². The lowest BCUT2D eigenvalue weighted by Crippen LogP contribution is -2.50.